The normalized spacial score (nSPS) is 13.4. The largest absolute Gasteiger partial charge is 0.309 e. The Morgan fingerprint density at radius 1 is 0.488 bits per heavy atom. The zero-order valence-electron chi connectivity index (χ0n) is 23.0. The minimum absolute atomic E-state index is 0.104. The summed E-state index contributed by atoms with van der Waals surface area (Å²) < 4.78 is 2.39. The average molecular weight is 546 g/mol. The van der Waals surface area contributed by atoms with Crippen molar-refractivity contribution < 1.29 is 0 Å². The van der Waals surface area contributed by atoms with E-state index in [1.54, 1.807) is 0 Å². The van der Waals surface area contributed by atoms with Crippen molar-refractivity contribution in [1.82, 2.24) is 4.57 Å². The first-order valence-electron chi connectivity index (χ1n) is 14.1. The van der Waals surface area contributed by atoms with Crippen molar-refractivity contribution in [1.29, 1.82) is 0 Å². The van der Waals surface area contributed by atoms with Crippen LogP contribution in [0.1, 0.15) is 25.0 Å². The molecule has 8 rings (SSSR count). The average Bonchev–Trinajstić information content (AvgIpc) is 3.46. The van der Waals surface area contributed by atoms with Gasteiger partial charge in [-0.1, -0.05) is 110 Å². The fourth-order valence-corrected chi connectivity index (χ4v) is 6.89. The van der Waals surface area contributed by atoms with Crippen LogP contribution in [0.5, 0.6) is 0 Å². The molecule has 1 aromatic heterocycles. The fraction of sp³-hybridized carbons (Fsp3) is 0.0769. The van der Waals surface area contributed by atoms with E-state index in [2.05, 4.69) is 140 Å². The third kappa shape index (κ3) is 3.70. The molecule has 41 heavy (non-hydrogen) atoms. The first kappa shape index (κ1) is 24.2. The number of nitrogens with zero attached hydrogens (tertiary/aromatic N) is 1. The minimum Gasteiger partial charge on any atom is -0.309 e. The lowest BCUT2D eigenvalue weighted by molar-refractivity contribution is 0.661. The second kappa shape index (κ2) is 8.96. The molecule has 0 unspecified atom stereocenters. The van der Waals surface area contributed by atoms with E-state index >= 15 is 0 Å². The molecule has 1 aliphatic rings. The highest BCUT2D eigenvalue weighted by Crippen LogP contribution is 2.50. The van der Waals surface area contributed by atoms with Crippen molar-refractivity contribution in [3.63, 3.8) is 0 Å². The van der Waals surface area contributed by atoms with E-state index in [1.807, 2.05) is 12.1 Å². The van der Waals surface area contributed by atoms with Crippen LogP contribution in [0.4, 0.5) is 0 Å². The maximum atomic E-state index is 6.15. The maximum Gasteiger partial charge on any atom is 0.0541 e. The van der Waals surface area contributed by atoms with E-state index < -0.39 is 0 Å². The molecular formula is C39H28ClN. The van der Waals surface area contributed by atoms with Crippen molar-refractivity contribution in [3.8, 4) is 39.1 Å². The van der Waals surface area contributed by atoms with Gasteiger partial charge < -0.3 is 4.57 Å². The number of halogens is 1. The Bertz CT molecular complexity index is 2080. The molecule has 7 aromatic rings. The second-order valence-corrected chi connectivity index (χ2v) is 12.0. The van der Waals surface area contributed by atoms with Gasteiger partial charge in [0.05, 0.1) is 11.0 Å². The van der Waals surface area contributed by atoms with Gasteiger partial charge in [-0.3, -0.25) is 0 Å². The molecule has 0 N–H and O–H groups in total. The van der Waals surface area contributed by atoms with Gasteiger partial charge in [0.1, 0.15) is 0 Å². The number of benzene rings is 6. The van der Waals surface area contributed by atoms with E-state index in [1.165, 1.54) is 72.0 Å². The monoisotopic (exact) mass is 545 g/mol. The molecule has 0 spiro atoms. The Morgan fingerprint density at radius 2 is 1.00 bits per heavy atom. The van der Waals surface area contributed by atoms with Crippen molar-refractivity contribution in [2.75, 3.05) is 0 Å². The van der Waals surface area contributed by atoms with Crippen LogP contribution in [0, 0.1) is 0 Å². The summed E-state index contributed by atoms with van der Waals surface area (Å²) in [4.78, 5) is 0. The molecule has 0 saturated carbocycles. The second-order valence-electron chi connectivity index (χ2n) is 11.6. The lowest BCUT2D eigenvalue weighted by atomic mass is 9.81. The summed E-state index contributed by atoms with van der Waals surface area (Å²) in [7, 11) is 0. The Labute approximate surface area is 245 Å². The molecule has 2 heteroatoms. The highest BCUT2D eigenvalue weighted by molar-refractivity contribution is 6.30. The van der Waals surface area contributed by atoms with Crippen LogP contribution in [-0.2, 0) is 5.41 Å². The number of rotatable bonds is 3. The van der Waals surface area contributed by atoms with Crippen LogP contribution >= 0.6 is 11.6 Å². The molecule has 0 saturated heterocycles. The van der Waals surface area contributed by atoms with E-state index in [4.69, 9.17) is 11.6 Å². The van der Waals surface area contributed by atoms with Crippen molar-refractivity contribution >= 4 is 33.4 Å². The standard InChI is InChI=1S/C39H28ClN/c1-39(2)35-23-27(25-14-18-29(40)19-15-25)16-20-31(35)32-21-17-28(24-36(32)39)26-8-7-9-30(22-26)41-37-12-5-3-10-33(37)34-11-4-6-13-38(34)41/h3-24H,1-2H3. The number of aromatic nitrogens is 1. The predicted molar refractivity (Wildman–Crippen MR) is 174 cm³/mol. The first-order valence-corrected chi connectivity index (χ1v) is 14.5. The fourth-order valence-electron chi connectivity index (χ4n) is 6.76. The molecule has 0 amide bonds. The van der Waals surface area contributed by atoms with Crippen LogP contribution in [0.25, 0.3) is 60.9 Å². The summed E-state index contributed by atoms with van der Waals surface area (Å²) in [6, 6.07) is 48.3. The van der Waals surface area contributed by atoms with Crippen LogP contribution < -0.4 is 0 Å². The van der Waals surface area contributed by atoms with Gasteiger partial charge >= 0.3 is 0 Å². The maximum absolute atomic E-state index is 6.15. The number of hydrogen-bond donors (Lipinski definition) is 0. The zero-order valence-corrected chi connectivity index (χ0v) is 23.8. The lowest BCUT2D eigenvalue weighted by Gasteiger charge is -2.23. The molecule has 6 aromatic carbocycles. The SMILES string of the molecule is CC1(C)c2cc(-c3ccc(Cl)cc3)ccc2-c2ccc(-c3cccc(-n4c5ccccc5c5ccccc54)c3)cc21. The summed E-state index contributed by atoms with van der Waals surface area (Å²) in [5, 5.41) is 3.32. The summed E-state index contributed by atoms with van der Waals surface area (Å²) in [6.07, 6.45) is 0. The molecule has 0 atom stereocenters. The molecule has 1 nitrogen and oxygen atoms in total. The smallest absolute Gasteiger partial charge is 0.0541 e. The molecule has 0 aliphatic heterocycles. The molecule has 0 bridgehead atoms. The Hall–Kier alpha value is -4.59. The van der Waals surface area contributed by atoms with E-state index in [-0.39, 0.29) is 5.41 Å². The van der Waals surface area contributed by atoms with Gasteiger partial charge in [0.25, 0.3) is 0 Å². The Morgan fingerprint density at radius 3 is 1.61 bits per heavy atom. The van der Waals surface area contributed by atoms with Crippen LogP contribution in [0.15, 0.2) is 133 Å². The number of para-hydroxylation sites is 2. The quantitative estimate of drug-likeness (QED) is 0.208. The van der Waals surface area contributed by atoms with Crippen LogP contribution in [0.3, 0.4) is 0 Å². The van der Waals surface area contributed by atoms with Crippen molar-refractivity contribution in [2.45, 2.75) is 19.3 Å². The van der Waals surface area contributed by atoms with Gasteiger partial charge in [0.2, 0.25) is 0 Å². The zero-order chi connectivity index (χ0) is 27.7. The van der Waals surface area contributed by atoms with E-state index in [9.17, 15) is 0 Å². The third-order valence-electron chi connectivity index (χ3n) is 8.87. The van der Waals surface area contributed by atoms with E-state index in [0.29, 0.717) is 0 Å². The molecule has 196 valence electrons. The Kier molecular flexibility index (Phi) is 5.29. The summed E-state index contributed by atoms with van der Waals surface area (Å²) in [5.41, 5.74) is 13.8. The summed E-state index contributed by atoms with van der Waals surface area (Å²) in [5.74, 6) is 0. The lowest BCUT2D eigenvalue weighted by Crippen LogP contribution is -2.15. The van der Waals surface area contributed by atoms with Gasteiger partial charge in [-0.15, -0.1) is 0 Å². The number of fused-ring (bicyclic) bond motifs is 6. The van der Waals surface area contributed by atoms with Gasteiger partial charge in [0.15, 0.2) is 0 Å². The molecular weight excluding hydrogens is 518 g/mol. The van der Waals surface area contributed by atoms with Gasteiger partial charge in [0, 0.05) is 26.9 Å². The Balaban J connectivity index is 1.23. The minimum atomic E-state index is -0.104. The molecule has 0 radical (unpaired) electrons. The summed E-state index contributed by atoms with van der Waals surface area (Å²) in [6.45, 7) is 4.70. The predicted octanol–water partition coefficient (Wildman–Crippen LogP) is 11.1. The topological polar surface area (TPSA) is 4.93 Å². The molecule has 1 heterocycles. The van der Waals surface area contributed by atoms with Crippen molar-refractivity contribution in [3.05, 3.63) is 150 Å². The van der Waals surface area contributed by atoms with Gasteiger partial charge in [-0.05, 0) is 93.0 Å². The van der Waals surface area contributed by atoms with Crippen LogP contribution in [0.2, 0.25) is 5.02 Å². The third-order valence-corrected chi connectivity index (χ3v) is 9.12. The van der Waals surface area contributed by atoms with Crippen molar-refractivity contribution in [2.24, 2.45) is 0 Å². The molecule has 0 fully saturated rings. The summed E-state index contributed by atoms with van der Waals surface area (Å²) >= 11 is 6.15. The molecule has 1 aliphatic carbocycles. The van der Waals surface area contributed by atoms with Gasteiger partial charge in [-0.25, -0.2) is 0 Å². The first-order chi connectivity index (χ1) is 20.0. The highest BCUT2D eigenvalue weighted by atomic mass is 35.5. The van der Waals surface area contributed by atoms with Gasteiger partial charge in [-0.2, -0.15) is 0 Å². The van der Waals surface area contributed by atoms with Crippen LogP contribution in [-0.4, -0.2) is 4.57 Å². The number of hydrogen-bond acceptors (Lipinski definition) is 0. The highest BCUT2D eigenvalue weighted by Gasteiger charge is 2.35. The van der Waals surface area contributed by atoms with E-state index in [0.717, 1.165) is 5.02 Å².